The zero-order valence-electron chi connectivity index (χ0n) is 19.0. The van der Waals surface area contributed by atoms with Crippen LogP contribution in [-0.2, 0) is 16.1 Å². The number of ether oxygens (including phenoxy) is 1. The van der Waals surface area contributed by atoms with Crippen molar-refractivity contribution in [3.05, 3.63) is 66.5 Å². The van der Waals surface area contributed by atoms with Gasteiger partial charge in [-0.15, -0.1) is 0 Å². The van der Waals surface area contributed by atoms with E-state index in [9.17, 15) is 9.90 Å². The number of aromatic nitrogens is 4. The molecule has 0 saturated heterocycles. The summed E-state index contributed by atoms with van der Waals surface area (Å²) >= 11 is 1.46. The molecule has 35 heavy (non-hydrogen) atoms. The Balaban J connectivity index is 1.10. The second-order valence-corrected chi connectivity index (χ2v) is 10.2. The van der Waals surface area contributed by atoms with E-state index >= 15 is 0 Å². The number of carbonyl (C=O) groups is 1. The van der Waals surface area contributed by atoms with Gasteiger partial charge in [-0.3, -0.25) is 9.78 Å². The van der Waals surface area contributed by atoms with E-state index in [2.05, 4.69) is 25.3 Å². The van der Waals surface area contributed by atoms with Crippen LogP contribution in [0.15, 0.2) is 55.1 Å². The normalized spacial score (nSPS) is 23.5. The summed E-state index contributed by atoms with van der Waals surface area (Å²) in [4.78, 5) is 30.3. The Kier molecular flexibility index (Phi) is 5.97. The molecule has 8 nitrogen and oxygen atoms in total. The Labute approximate surface area is 206 Å². The Morgan fingerprint density at radius 1 is 1.14 bits per heavy atom. The van der Waals surface area contributed by atoms with Crippen LogP contribution in [0.3, 0.4) is 0 Å². The van der Waals surface area contributed by atoms with E-state index in [1.54, 1.807) is 18.6 Å². The van der Waals surface area contributed by atoms with Gasteiger partial charge in [-0.25, -0.2) is 15.0 Å². The van der Waals surface area contributed by atoms with Crippen molar-refractivity contribution >= 4 is 32.6 Å². The fraction of sp³-hybridized carbons (Fsp3) is 0.346. The highest BCUT2D eigenvalue weighted by molar-refractivity contribution is 7.22. The predicted octanol–water partition coefficient (Wildman–Crippen LogP) is 4.32. The maximum Gasteiger partial charge on any atom is 0.229 e. The third kappa shape index (κ3) is 4.80. The first kappa shape index (κ1) is 22.2. The summed E-state index contributed by atoms with van der Waals surface area (Å²) in [5.74, 6) is 0.815. The van der Waals surface area contributed by atoms with Crippen molar-refractivity contribution in [2.45, 2.75) is 50.4 Å². The Morgan fingerprint density at radius 3 is 2.80 bits per heavy atom. The van der Waals surface area contributed by atoms with Crippen molar-refractivity contribution in [2.24, 2.45) is 5.92 Å². The summed E-state index contributed by atoms with van der Waals surface area (Å²) in [6, 6.07) is 9.90. The van der Waals surface area contributed by atoms with Crippen LogP contribution in [0.25, 0.3) is 21.3 Å². The zero-order chi connectivity index (χ0) is 23.8. The molecular formula is C26H25N5O3S. The van der Waals surface area contributed by atoms with E-state index in [-0.39, 0.29) is 30.0 Å². The lowest BCUT2D eigenvalue weighted by molar-refractivity contribution is -0.117. The van der Waals surface area contributed by atoms with Gasteiger partial charge in [0.05, 0.1) is 22.4 Å². The number of aliphatic hydroxyl groups excluding tert-OH is 1. The maximum absolute atomic E-state index is 12.7. The van der Waals surface area contributed by atoms with Gasteiger partial charge in [0.15, 0.2) is 11.0 Å². The van der Waals surface area contributed by atoms with Crippen LogP contribution < -0.4 is 5.32 Å². The van der Waals surface area contributed by atoms with Gasteiger partial charge in [-0.05, 0) is 60.9 Å². The molecule has 2 fully saturated rings. The topological polar surface area (TPSA) is 110 Å². The van der Waals surface area contributed by atoms with E-state index in [1.807, 2.05) is 36.5 Å². The molecule has 9 heteroatoms. The van der Waals surface area contributed by atoms with Crippen LogP contribution in [0, 0.1) is 5.92 Å². The lowest BCUT2D eigenvalue weighted by atomic mass is 10.1. The Bertz CT molecular complexity index is 1340. The van der Waals surface area contributed by atoms with Gasteiger partial charge in [-0.2, -0.15) is 0 Å². The van der Waals surface area contributed by atoms with Crippen molar-refractivity contribution in [3.8, 4) is 11.1 Å². The van der Waals surface area contributed by atoms with Crippen molar-refractivity contribution in [1.29, 1.82) is 0 Å². The number of benzene rings is 1. The van der Waals surface area contributed by atoms with Crippen molar-refractivity contribution in [2.75, 3.05) is 5.32 Å². The number of aliphatic hydroxyl groups is 1. The van der Waals surface area contributed by atoms with E-state index in [4.69, 9.17) is 4.74 Å². The number of pyridine rings is 1. The van der Waals surface area contributed by atoms with Crippen LogP contribution in [0.1, 0.15) is 43.0 Å². The van der Waals surface area contributed by atoms with Crippen molar-refractivity contribution < 1.29 is 14.6 Å². The van der Waals surface area contributed by atoms with Crippen LogP contribution in [-0.4, -0.2) is 43.2 Å². The molecule has 1 amide bonds. The number of rotatable bonds is 7. The maximum atomic E-state index is 12.7. The van der Waals surface area contributed by atoms with Crippen molar-refractivity contribution in [3.63, 3.8) is 0 Å². The first-order chi connectivity index (χ1) is 17.1. The molecule has 2 aliphatic rings. The number of nitrogens with zero attached hydrogens (tertiary/aromatic N) is 4. The highest BCUT2D eigenvalue weighted by Crippen LogP contribution is 2.48. The van der Waals surface area contributed by atoms with E-state index in [0.29, 0.717) is 17.6 Å². The molecule has 2 aliphatic carbocycles. The summed E-state index contributed by atoms with van der Waals surface area (Å²) < 4.78 is 6.76. The number of thiazole rings is 1. The lowest BCUT2D eigenvalue weighted by Crippen LogP contribution is -2.22. The highest BCUT2D eigenvalue weighted by Gasteiger charge is 2.44. The fourth-order valence-corrected chi connectivity index (χ4v) is 5.57. The smallest absolute Gasteiger partial charge is 0.229 e. The van der Waals surface area contributed by atoms with Gasteiger partial charge < -0.3 is 15.2 Å². The fourth-order valence-electron chi connectivity index (χ4n) is 4.67. The molecule has 178 valence electrons. The van der Waals surface area contributed by atoms with Crippen molar-refractivity contribution in [1.82, 2.24) is 19.9 Å². The molecule has 4 aromatic rings. The van der Waals surface area contributed by atoms with Crippen LogP contribution in [0.4, 0.5) is 5.13 Å². The molecule has 3 heterocycles. The lowest BCUT2D eigenvalue weighted by Gasteiger charge is -2.14. The largest absolute Gasteiger partial charge is 0.390 e. The summed E-state index contributed by atoms with van der Waals surface area (Å²) in [6.45, 7) is 0.293. The third-order valence-electron chi connectivity index (χ3n) is 6.74. The number of amides is 1. The molecular weight excluding hydrogens is 462 g/mol. The second-order valence-electron chi connectivity index (χ2n) is 9.16. The Morgan fingerprint density at radius 2 is 2.03 bits per heavy atom. The van der Waals surface area contributed by atoms with Gasteiger partial charge in [0.25, 0.3) is 0 Å². The van der Waals surface area contributed by atoms with Gasteiger partial charge in [0.1, 0.15) is 6.61 Å². The second kappa shape index (κ2) is 9.41. The predicted molar refractivity (Wildman–Crippen MR) is 133 cm³/mol. The highest BCUT2D eigenvalue weighted by atomic mass is 32.1. The average Bonchev–Trinajstić information content (AvgIpc) is 3.44. The molecule has 4 atom stereocenters. The summed E-state index contributed by atoms with van der Waals surface area (Å²) in [5.41, 5.74) is 3.83. The number of hydrogen-bond donors (Lipinski definition) is 2. The third-order valence-corrected chi connectivity index (χ3v) is 7.67. The molecule has 0 aliphatic heterocycles. The molecule has 0 radical (unpaired) electrons. The van der Waals surface area contributed by atoms with Crippen LogP contribution in [0.2, 0.25) is 0 Å². The van der Waals surface area contributed by atoms with Crippen LogP contribution in [0.5, 0.6) is 0 Å². The van der Waals surface area contributed by atoms with Gasteiger partial charge in [0.2, 0.25) is 5.91 Å². The van der Waals surface area contributed by atoms with E-state index < -0.39 is 0 Å². The van der Waals surface area contributed by atoms with E-state index in [0.717, 1.165) is 52.6 Å². The molecule has 6 rings (SSSR count). The quantitative estimate of drug-likeness (QED) is 0.399. The molecule has 2 N–H and O–H groups in total. The molecule has 2 saturated carbocycles. The van der Waals surface area contributed by atoms with Crippen LogP contribution >= 0.6 is 11.3 Å². The molecule has 2 unspecified atom stereocenters. The number of fused-ring (bicyclic) bond motifs is 1. The number of hydrogen-bond acceptors (Lipinski definition) is 8. The number of anilines is 1. The van der Waals surface area contributed by atoms with Gasteiger partial charge in [0, 0.05) is 36.3 Å². The Hall–Kier alpha value is -3.27. The minimum atomic E-state index is -0.387. The minimum Gasteiger partial charge on any atom is -0.390 e. The number of nitrogens with one attached hydrogen (secondary N) is 1. The molecule has 3 aromatic heterocycles. The SMILES string of the molecule is O=C(Nc1nc2ccc(-c3cnc(CO[C@H]4CCC[C@@H]4O)nc3)cc2s1)C1CC1c1cccnc1. The average molecular weight is 488 g/mol. The summed E-state index contributed by atoms with van der Waals surface area (Å²) in [6.07, 6.45) is 10.1. The van der Waals surface area contributed by atoms with Gasteiger partial charge in [-0.1, -0.05) is 23.5 Å². The zero-order valence-corrected chi connectivity index (χ0v) is 19.8. The monoisotopic (exact) mass is 487 g/mol. The summed E-state index contributed by atoms with van der Waals surface area (Å²) in [7, 11) is 0. The van der Waals surface area contributed by atoms with E-state index in [1.165, 1.54) is 11.3 Å². The molecule has 0 spiro atoms. The standard InChI is InChI=1S/C26H25N5O3S/c32-21-4-1-5-22(21)34-14-24-28-12-17(13-29-24)15-6-7-20-23(9-15)35-26(30-20)31-25(33)19-10-18(19)16-3-2-8-27-11-16/h2-3,6-9,11-13,18-19,21-22,32H,1,4-5,10,14H2,(H,30,31,33)/t18?,19?,21-,22-/m0/s1. The number of carbonyl (C=O) groups excluding carboxylic acids is 1. The first-order valence-electron chi connectivity index (χ1n) is 11.9. The molecule has 0 bridgehead atoms. The molecule has 1 aromatic carbocycles. The minimum absolute atomic E-state index is 0.00876. The summed E-state index contributed by atoms with van der Waals surface area (Å²) in [5, 5.41) is 13.5. The first-order valence-corrected chi connectivity index (χ1v) is 12.7. The van der Waals surface area contributed by atoms with Gasteiger partial charge >= 0.3 is 0 Å².